The summed E-state index contributed by atoms with van der Waals surface area (Å²) < 4.78 is 18.4. The molecule has 1 aromatic carbocycles. The molecule has 0 spiro atoms. The predicted octanol–water partition coefficient (Wildman–Crippen LogP) is 3.42. The van der Waals surface area contributed by atoms with E-state index >= 15 is 0 Å². The molecule has 9 nitrogen and oxygen atoms in total. The van der Waals surface area contributed by atoms with Crippen LogP contribution in [0.15, 0.2) is 30.7 Å². The van der Waals surface area contributed by atoms with E-state index in [1.54, 1.807) is 20.4 Å². The van der Waals surface area contributed by atoms with Crippen molar-refractivity contribution in [3.05, 3.63) is 30.7 Å². The number of benzene rings is 1. The number of fused-ring (bicyclic) bond motifs is 3. The molecular formula is C20H22N6O3. The van der Waals surface area contributed by atoms with Gasteiger partial charge in [0.25, 0.3) is 0 Å². The van der Waals surface area contributed by atoms with Gasteiger partial charge < -0.3 is 19.5 Å². The molecule has 150 valence electrons. The molecule has 29 heavy (non-hydrogen) atoms. The maximum absolute atomic E-state index is 5.55. The highest BCUT2D eigenvalue weighted by Gasteiger charge is 2.18. The molecular weight excluding hydrogens is 372 g/mol. The van der Waals surface area contributed by atoms with Gasteiger partial charge in [0.2, 0.25) is 0 Å². The molecule has 1 aliphatic rings. The first-order chi connectivity index (χ1) is 14.3. The van der Waals surface area contributed by atoms with Crippen LogP contribution >= 0.6 is 0 Å². The summed E-state index contributed by atoms with van der Waals surface area (Å²) in [5.74, 6) is 2.01. The van der Waals surface area contributed by atoms with E-state index in [-0.39, 0.29) is 0 Å². The fourth-order valence-electron chi connectivity index (χ4n) is 3.79. The molecule has 0 saturated carbocycles. The number of nitrogens with zero attached hydrogens (tertiary/aromatic N) is 4. The lowest BCUT2D eigenvalue weighted by molar-refractivity contribution is 0.0662. The highest BCUT2D eigenvalue weighted by Crippen LogP contribution is 2.37. The van der Waals surface area contributed by atoms with Crippen molar-refractivity contribution >= 4 is 33.3 Å². The average molecular weight is 394 g/mol. The number of methoxy groups -OCH3 is 2. The Morgan fingerprint density at radius 2 is 2.00 bits per heavy atom. The summed E-state index contributed by atoms with van der Waals surface area (Å²) in [5.41, 5.74) is 2.42. The first-order valence-electron chi connectivity index (χ1n) is 9.54. The van der Waals surface area contributed by atoms with E-state index in [2.05, 4.69) is 20.6 Å². The third-order valence-corrected chi connectivity index (χ3v) is 5.32. The van der Waals surface area contributed by atoms with Gasteiger partial charge in [-0.2, -0.15) is 10.2 Å². The molecule has 0 radical (unpaired) electrons. The van der Waals surface area contributed by atoms with Crippen LogP contribution in [-0.2, 0) is 4.74 Å². The number of ether oxygens (including phenoxy) is 3. The summed E-state index contributed by atoms with van der Waals surface area (Å²) in [6.45, 7) is 1.55. The normalized spacial score (nSPS) is 15.1. The number of hydrogen-bond donors (Lipinski definition) is 2. The second-order valence-corrected chi connectivity index (χ2v) is 7.02. The van der Waals surface area contributed by atoms with Crippen molar-refractivity contribution in [3.8, 4) is 11.5 Å². The Morgan fingerprint density at radius 3 is 2.79 bits per heavy atom. The topological polar surface area (TPSA) is 99.1 Å². The first kappa shape index (κ1) is 17.7. The Balaban J connectivity index is 1.56. The quantitative estimate of drug-likeness (QED) is 0.535. The minimum absolute atomic E-state index is 0.364. The maximum atomic E-state index is 5.55. The van der Waals surface area contributed by atoms with E-state index in [0.717, 1.165) is 53.5 Å². The van der Waals surface area contributed by atoms with E-state index < -0.39 is 0 Å². The molecule has 4 heterocycles. The Morgan fingerprint density at radius 1 is 1.14 bits per heavy atom. The highest BCUT2D eigenvalue weighted by atomic mass is 16.5. The number of aromatic nitrogens is 5. The molecule has 1 saturated heterocycles. The number of anilines is 2. The molecule has 1 aliphatic heterocycles. The maximum Gasteiger partial charge on any atom is 0.157 e. The smallest absolute Gasteiger partial charge is 0.157 e. The van der Waals surface area contributed by atoms with Crippen LogP contribution in [0.4, 0.5) is 11.5 Å². The van der Waals surface area contributed by atoms with E-state index in [0.29, 0.717) is 23.4 Å². The summed E-state index contributed by atoms with van der Waals surface area (Å²) in [4.78, 5) is 4.82. The summed E-state index contributed by atoms with van der Waals surface area (Å²) in [5, 5.41) is 17.0. The standard InChI is InChI=1S/C20H22N6O3/c1-27-14-7-15-16-10-21-25-19(16)20(24-18(15)17(8-14)28-2)23-12-9-22-26(11-12)13-3-5-29-6-4-13/h7-11,13H,3-6H2,1-2H3,(H,21,25)(H,23,24). The van der Waals surface area contributed by atoms with E-state index in [1.165, 1.54) is 0 Å². The number of H-pyrrole nitrogens is 1. The monoisotopic (exact) mass is 394 g/mol. The number of aromatic amines is 1. The fourth-order valence-corrected chi connectivity index (χ4v) is 3.79. The van der Waals surface area contributed by atoms with Crippen molar-refractivity contribution in [2.45, 2.75) is 18.9 Å². The molecule has 0 atom stereocenters. The molecule has 0 unspecified atom stereocenters. The van der Waals surface area contributed by atoms with Crippen molar-refractivity contribution in [3.63, 3.8) is 0 Å². The highest BCUT2D eigenvalue weighted by molar-refractivity contribution is 6.10. The Kier molecular flexibility index (Phi) is 4.44. The van der Waals surface area contributed by atoms with Crippen molar-refractivity contribution in [2.24, 2.45) is 0 Å². The van der Waals surface area contributed by atoms with Gasteiger partial charge in [-0.25, -0.2) is 4.98 Å². The van der Waals surface area contributed by atoms with Gasteiger partial charge in [0.05, 0.1) is 38.3 Å². The van der Waals surface area contributed by atoms with Gasteiger partial charge in [-0.05, 0) is 18.9 Å². The van der Waals surface area contributed by atoms with Crippen LogP contribution in [0.3, 0.4) is 0 Å². The SMILES string of the molecule is COc1cc(OC)c2nc(Nc3cnn(C4CCOCC4)c3)c3[nH]ncc3c2c1. The van der Waals surface area contributed by atoms with Crippen LogP contribution in [-0.4, -0.2) is 52.4 Å². The number of nitrogens with one attached hydrogen (secondary N) is 2. The van der Waals surface area contributed by atoms with Crippen LogP contribution in [0.2, 0.25) is 0 Å². The van der Waals surface area contributed by atoms with Gasteiger partial charge in [0.1, 0.15) is 22.5 Å². The van der Waals surface area contributed by atoms with Crippen LogP contribution in [0.1, 0.15) is 18.9 Å². The first-order valence-corrected chi connectivity index (χ1v) is 9.54. The van der Waals surface area contributed by atoms with E-state index in [4.69, 9.17) is 19.2 Å². The lowest BCUT2D eigenvalue weighted by atomic mass is 10.1. The number of pyridine rings is 1. The fraction of sp³-hybridized carbons (Fsp3) is 0.350. The summed E-state index contributed by atoms with van der Waals surface area (Å²) >= 11 is 0. The molecule has 0 bridgehead atoms. The third kappa shape index (κ3) is 3.13. The predicted molar refractivity (Wildman–Crippen MR) is 109 cm³/mol. The number of hydrogen-bond acceptors (Lipinski definition) is 7. The Bertz CT molecular complexity index is 1160. The second kappa shape index (κ2) is 7.25. The zero-order valence-electron chi connectivity index (χ0n) is 16.3. The van der Waals surface area contributed by atoms with Crippen LogP contribution in [0, 0.1) is 0 Å². The molecule has 3 aromatic heterocycles. The van der Waals surface area contributed by atoms with Gasteiger partial charge in [0.15, 0.2) is 5.82 Å². The van der Waals surface area contributed by atoms with Crippen LogP contribution in [0.25, 0.3) is 21.8 Å². The zero-order chi connectivity index (χ0) is 19.8. The Labute approximate surface area is 167 Å². The van der Waals surface area contributed by atoms with E-state index in [1.807, 2.05) is 29.2 Å². The van der Waals surface area contributed by atoms with Gasteiger partial charge in [-0.1, -0.05) is 0 Å². The molecule has 9 heteroatoms. The summed E-state index contributed by atoms with van der Waals surface area (Å²) in [7, 11) is 3.26. The second-order valence-electron chi connectivity index (χ2n) is 7.02. The van der Waals surface area contributed by atoms with Crippen LogP contribution < -0.4 is 14.8 Å². The summed E-state index contributed by atoms with van der Waals surface area (Å²) in [6.07, 6.45) is 7.55. The summed E-state index contributed by atoms with van der Waals surface area (Å²) in [6, 6.07) is 4.13. The molecule has 0 amide bonds. The minimum atomic E-state index is 0.364. The van der Waals surface area contributed by atoms with Gasteiger partial charge in [-0.3, -0.25) is 9.78 Å². The van der Waals surface area contributed by atoms with Crippen molar-refractivity contribution in [1.82, 2.24) is 25.0 Å². The largest absolute Gasteiger partial charge is 0.497 e. The third-order valence-electron chi connectivity index (χ3n) is 5.32. The molecule has 1 fully saturated rings. The molecule has 5 rings (SSSR count). The molecule has 2 N–H and O–H groups in total. The van der Waals surface area contributed by atoms with Crippen molar-refractivity contribution < 1.29 is 14.2 Å². The zero-order valence-corrected chi connectivity index (χ0v) is 16.3. The number of rotatable bonds is 5. The van der Waals surface area contributed by atoms with Crippen LogP contribution in [0.5, 0.6) is 11.5 Å². The lowest BCUT2D eigenvalue weighted by Crippen LogP contribution is -2.19. The average Bonchev–Trinajstić information content (AvgIpc) is 3.44. The van der Waals surface area contributed by atoms with E-state index in [9.17, 15) is 0 Å². The van der Waals surface area contributed by atoms with Gasteiger partial charge in [-0.15, -0.1) is 0 Å². The van der Waals surface area contributed by atoms with Crippen molar-refractivity contribution in [2.75, 3.05) is 32.8 Å². The van der Waals surface area contributed by atoms with Crippen molar-refractivity contribution in [1.29, 1.82) is 0 Å². The lowest BCUT2D eigenvalue weighted by Gasteiger charge is -2.22. The molecule has 0 aliphatic carbocycles. The Hall–Kier alpha value is -3.33. The minimum Gasteiger partial charge on any atom is -0.497 e. The van der Waals surface area contributed by atoms with Gasteiger partial charge >= 0.3 is 0 Å². The molecule has 4 aromatic rings. The van der Waals surface area contributed by atoms with Gasteiger partial charge in [0, 0.05) is 36.2 Å².